The molecule has 0 bridgehead atoms. The van der Waals surface area contributed by atoms with Crippen LogP contribution in [0.3, 0.4) is 0 Å². The molecule has 19 heavy (non-hydrogen) atoms. The highest BCUT2D eigenvalue weighted by atomic mass is 79.9. The van der Waals surface area contributed by atoms with Gasteiger partial charge in [-0.2, -0.15) is 0 Å². The summed E-state index contributed by atoms with van der Waals surface area (Å²) < 4.78 is 11.0. The molecule has 0 aliphatic carbocycles. The maximum Gasteiger partial charge on any atom is 0.119 e. The Bertz CT molecular complexity index is 378. The molecule has 0 unspecified atom stereocenters. The first-order valence-electron chi connectivity index (χ1n) is 6.84. The van der Waals surface area contributed by atoms with E-state index in [0.29, 0.717) is 6.10 Å². The molecule has 1 heterocycles. The number of benzene rings is 1. The number of likely N-dealkylation sites (tertiary alicyclic amines) is 1. The molecule has 0 saturated carbocycles. The molecule has 4 heteroatoms. The van der Waals surface area contributed by atoms with E-state index in [0.717, 1.165) is 50.2 Å². The van der Waals surface area contributed by atoms with Crippen LogP contribution in [0.5, 0.6) is 5.75 Å². The molecule has 0 amide bonds. The Morgan fingerprint density at radius 2 is 2.11 bits per heavy atom. The molecule has 0 spiro atoms. The molecular formula is C15H22BrNO2. The second kappa shape index (κ2) is 7.88. The van der Waals surface area contributed by atoms with Crippen LogP contribution in [-0.2, 0) is 11.3 Å². The van der Waals surface area contributed by atoms with E-state index >= 15 is 0 Å². The summed E-state index contributed by atoms with van der Waals surface area (Å²) in [5.74, 6) is 0.938. The molecule has 0 aromatic heterocycles. The number of methoxy groups -OCH3 is 1. The molecule has 3 nitrogen and oxygen atoms in total. The van der Waals surface area contributed by atoms with Gasteiger partial charge in [-0.25, -0.2) is 0 Å². The van der Waals surface area contributed by atoms with Crippen LogP contribution in [0.25, 0.3) is 0 Å². The molecular weight excluding hydrogens is 306 g/mol. The molecule has 1 saturated heterocycles. The van der Waals surface area contributed by atoms with Crippen molar-refractivity contribution >= 4 is 15.9 Å². The van der Waals surface area contributed by atoms with Crippen LogP contribution in [0.4, 0.5) is 0 Å². The minimum Gasteiger partial charge on any atom is -0.497 e. The Hall–Kier alpha value is -0.580. The molecule has 1 aliphatic heterocycles. The van der Waals surface area contributed by atoms with E-state index in [1.54, 1.807) is 7.11 Å². The molecule has 1 aliphatic rings. The topological polar surface area (TPSA) is 21.7 Å². The van der Waals surface area contributed by atoms with Crippen molar-refractivity contribution < 1.29 is 9.47 Å². The summed E-state index contributed by atoms with van der Waals surface area (Å²) in [4.78, 5) is 2.49. The second-order valence-electron chi connectivity index (χ2n) is 4.89. The predicted octanol–water partition coefficient (Wildman–Crippen LogP) is 3.07. The van der Waals surface area contributed by atoms with E-state index in [4.69, 9.17) is 9.47 Å². The summed E-state index contributed by atoms with van der Waals surface area (Å²) in [5, 5.41) is 0.928. The number of rotatable bonds is 6. The van der Waals surface area contributed by atoms with E-state index in [-0.39, 0.29) is 0 Å². The van der Waals surface area contributed by atoms with Crippen molar-refractivity contribution in [2.24, 2.45) is 0 Å². The van der Waals surface area contributed by atoms with Crippen LogP contribution in [0.1, 0.15) is 18.4 Å². The fraction of sp³-hybridized carbons (Fsp3) is 0.600. The maximum absolute atomic E-state index is 5.77. The van der Waals surface area contributed by atoms with Crippen molar-refractivity contribution in [1.29, 1.82) is 0 Å². The molecule has 1 aromatic carbocycles. The lowest BCUT2D eigenvalue weighted by Crippen LogP contribution is -2.36. The van der Waals surface area contributed by atoms with Crippen molar-refractivity contribution in [2.75, 3.05) is 32.1 Å². The standard InChI is InChI=1S/C15H22BrNO2/c1-18-15-4-2-3-13(11-15)12-17-8-5-14(6-9-17)19-10-7-16/h2-4,11,14H,5-10,12H2,1H3. The number of hydrogen-bond donors (Lipinski definition) is 0. The Labute approximate surface area is 124 Å². The van der Waals surface area contributed by atoms with Gasteiger partial charge in [0.25, 0.3) is 0 Å². The van der Waals surface area contributed by atoms with Gasteiger partial charge in [0, 0.05) is 25.0 Å². The Morgan fingerprint density at radius 1 is 1.32 bits per heavy atom. The van der Waals surface area contributed by atoms with E-state index in [1.165, 1.54) is 5.56 Å². The average Bonchev–Trinajstić information content (AvgIpc) is 2.47. The first-order chi connectivity index (χ1) is 9.31. The normalized spacial score (nSPS) is 17.6. The lowest BCUT2D eigenvalue weighted by Gasteiger charge is -2.31. The van der Waals surface area contributed by atoms with Gasteiger partial charge in [-0.1, -0.05) is 28.1 Å². The minimum absolute atomic E-state index is 0.444. The first kappa shape index (κ1) is 14.8. The molecule has 0 radical (unpaired) electrons. The number of nitrogens with zero attached hydrogens (tertiary/aromatic N) is 1. The zero-order valence-electron chi connectivity index (χ0n) is 11.5. The fourth-order valence-corrected chi connectivity index (χ4v) is 2.66. The lowest BCUT2D eigenvalue weighted by atomic mass is 10.1. The monoisotopic (exact) mass is 327 g/mol. The average molecular weight is 328 g/mol. The minimum atomic E-state index is 0.444. The third-order valence-corrected chi connectivity index (χ3v) is 3.83. The number of ether oxygens (including phenoxy) is 2. The molecule has 1 aromatic rings. The van der Waals surface area contributed by atoms with Crippen molar-refractivity contribution in [3.63, 3.8) is 0 Å². The van der Waals surface area contributed by atoms with Gasteiger partial charge in [-0.15, -0.1) is 0 Å². The predicted molar refractivity (Wildman–Crippen MR) is 81.0 cm³/mol. The van der Waals surface area contributed by atoms with E-state index < -0.39 is 0 Å². The van der Waals surface area contributed by atoms with Crippen molar-refractivity contribution in [3.8, 4) is 5.75 Å². The molecule has 0 atom stereocenters. The van der Waals surface area contributed by atoms with Crippen molar-refractivity contribution in [1.82, 2.24) is 4.90 Å². The Balaban J connectivity index is 1.78. The summed E-state index contributed by atoms with van der Waals surface area (Å²) in [6.45, 7) is 4.05. The highest BCUT2D eigenvalue weighted by molar-refractivity contribution is 9.09. The van der Waals surface area contributed by atoms with Gasteiger partial charge in [0.15, 0.2) is 0 Å². The largest absolute Gasteiger partial charge is 0.497 e. The molecule has 0 N–H and O–H groups in total. The highest BCUT2D eigenvalue weighted by Crippen LogP contribution is 2.18. The number of hydrogen-bond acceptors (Lipinski definition) is 3. The van der Waals surface area contributed by atoms with Gasteiger partial charge in [0.05, 0.1) is 19.8 Å². The van der Waals surface area contributed by atoms with Gasteiger partial charge < -0.3 is 9.47 Å². The summed E-state index contributed by atoms with van der Waals surface area (Å²) >= 11 is 3.40. The summed E-state index contributed by atoms with van der Waals surface area (Å²) in [6.07, 6.45) is 2.72. The summed E-state index contributed by atoms with van der Waals surface area (Å²) in [6, 6.07) is 8.33. The van der Waals surface area contributed by atoms with Crippen LogP contribution in [0.15, 0.2) is 24.3 Å². The van der Waals surface area contributed by atoms with Crippen LogP contribution in [0.2, 0.25) is 0 Å². The van der Waals surface area contributed by atoms with Gasteiger partial charge in [-0.3, -0.25) is 4.90 Å². The quantitative estimate of drug-likeness (QED) is 0.749. The van der Waals surface area contributed by atoms with E-state index in [1.807, 2.05) is 6.07 Å². The summed E-state index contributed by atoms with van der Waals surface area (Å²) in [7, 11) is 1.71. The van der Waals surface area contributed by atoms with Gasteiger partial charge in [0.1, 0.15) is 5.75 Å². The third kappa shape index (κ3) is 4.79. The SMILES string of the molecule is COc1cccc(CN2CCC(OCCBr)CC2)c1. The first-order valence-corrected chi connectivity index (χ1v) is 7.97. The van der Waals surface area contributed by atoms with Gasteiger partial charge >= 0.3 is 0 Å². The lowest BCUT2D eigenvalue weighted by molar-refractivity contribution is 0.0141. The van der Waals surface area contributed by atoms with E-state index in [2.05, 4.69) is 39.0 Å². The van der Waals surface area contributed by atoms with Crippen LogP contribution >= 0.6 is 15.9 Å². The molecule has 106 valence electrons. The number of halogens is 1. The fourth-order valence-electron chi connectivity index (χ4n) is 2.47. The van der Waals surface area contributed by atoms with Crippen molar-refractivity contribution in [3.05, 3.63) is 29.8 Å². The second-order valence-corrected chi connectivity index (χ2v) is 5.68. The van der Waals surface area contributed by atoms with Crippen molar-refractivity contribution in [2.45, 2.75) is 25.5 Å². The van der Waals surface area contributed by atoms with E-state index in [9.17, 15) is 0 Å². The maximum atomic E-state index is 5.77. The zero-order valence-corrected chi connectivity index (χ0v) is 13.1. The molecule has 2 rings (SSSR count). The highest BCUT2D eigenvalue weighted by Gasteiger charge is 2.19. The molecule has 1 fully saturated rings. The van der Waals surface area contributed by atoms with Gasteiger partial charge in [0.2, 0.25) is 0 Å². The third-order valence-electron chi connectivity index (χ3n) is 3.51. The van der Waals surface area contributed by atoms with Crippen LogP contribution < -0.4 is 4.74 Å². The smallest absolute Gasteiger partial charge is 0.119 e. The number of alkyl halides is 1. The summed E-state index contributed by atoms with van der Waals surface area (Å²) in [5.41, 5.74) is 1.32. The Kier molecular flexibility index (Phi) is 6.14. The van der Waals surface area contributed by atoms with Gasteiger partial charge in [-0.05, 0) is 30.5 Å². The number of piperidine rings is 1. The van der Waals surface area contributed by atoms with Crippen LogP contribution in [-0.4, -0.2) is 43.1 Å². The Morgan fingerprint density at radius 3 is 2.79 bits per heavy atom. The van der Waals surface area contributed by atoms with Crippen LogP contribution in [0, 0.1) is 0 Å². The zero-order chi connectivity index (χ0) is 13.5.